The summed E-state index contributed by atoms with van der Waals surface area (Å²) >= 11 is 0. The van der Waals surface area contributed by atoms with Crippen LogP contribution >= 0.6 is 0 Å². The highest BCUT2D eigenvalue weighted by atomic mass is 19.1. The van der Waals surface area contributed by atoms with E-state index in [0.717, 1.165) is 37.1 Å². The second-order valence-electron chi connectivity index (χ2n) is 8.72. The summed E-state index contributed by atoms with van der Waals surface area (Å²) in [6, 6.07) is 5.44. The molecule has 1 aliphatic heterocycles. The minimum Gasteiger partial charge on any atom is -0.383 e. The number of pyridine rings is 1. The van der Waals surface area contributed by atoms with E-state index in [1.807, 2.05) is 19.3 Å². The lowest BCUT2D eigenvalue weighted by molar-refractivity contribution is 0.102. The zero-order chi connectivity index (χ0) is 23.8. The Hall–Kier alpha value is -3.50. The molecular formula is C24H28FN7O2. The van der Waals surface area contributed by atoms with Crippen molar-refractivity contribution in [2.24, 2.45) is 7.05 Å². The van der Waals surface area contributed by atoms with Crippen LogP contribution in [0.3, 0.4) is 0 Å². The smallest absolute Gasteiger partial charge is 0.257 e. The van der Waals surface area contributed by atoms with Gasteiger partial charge in [0.25, 0.3) is 5.91 Å². The summed E-state index contributed by atoms with van der Waals surface area (Å²) in [5, 5.41) is 11.8. The molecule has 0 bridgehead atoms. The Bertz CT molecular complexity index is 1360. The first-order valence-electron chi connectivity index (χ1n) is 11.3. The van der Waals surface area contributed by atoms with Crippen LogP contribution in [-0.4, -0.2) is 64.5 Å². The number of halogens is 1. The maximum atomic E-state index is 14.5. The lowest BCUT2D eigenvalue weighted by atomic mass is 10.1. The van der Waals surface area contributed by atoms with Gasteiger partial charge in [0.05, 0.1) is 23.6 Å². The molecule has 9 nitrogen and oxygen atoms in total. The highest BCUT2D eigenvalue weighted by molar-refractivity contribution is 6.13. The van der Waals surface area contributed by atoms with E-state index in [9.17, 15) is 9.18 Å². The molecule has 5 rings (SSSR count). The topological polar surface area (TPSA) is 88.7 Å². The van der Waals surface area contributed by atoms with E-state index in [4.69, 9.17) is 4.74 Å². The highest BCUT2D eigenvalue weighted by Crippen LogP contribution is 2.31. The number of carbonyl (C=O) groups excluding carboxylic acids is 1. The number of carbonyl (C=O) groups is 1. The molecule has 0 radical (unpaired) electrons. The Morgan fingerprint density at radius 1 is 1.29 bits per heavy atom. The van der Waals surface area contributed by atoms with Gasteiger partial charge >= 0.3 is 0 Å². The number of aryl methyl sites for hydroxylation is 2. The normalized spacial score (nSPS) is 16.1. The standard InChI is InChI=1S/C24H28FN7O2/c1-15-11-32-13-17(10-20(25)23(32)27-15)28-24(33)18-4-5-21(19-14-30(2)29-22(18)19)31-8-6-16(12-31)26-7-9-34-3/h4-5,10-11,13-14,16,26H,6-9,12H2,1-3H3,(H,28,33)/t16-/m0/s1. The molecule has 4 heterocycles. The van der Waals surface area contributed by atoms with Crippen molar-refractivity contribution in [1.29, 1.82) is 0 Å². The first kappa shape index (κ1) is 22.3. The minimum atomic E-state index is -0.494. The van der Waals surface area contributed by atoms with Crippen LogP contribution in [0.5, 0.6) is 0 Å². The van der Waals surface area contributed by atoms with Gasteiger partial charge in [0.1, 0.15) is 5.52 Å². The highest BCUT2D eigenvalue weighted by Gasteiger charge is 2.25. The van der Waals surface area contributed by atoms with Gasteiger partial charge in [-0.15, -0.1) is 0 Å². The van der Waals surface area contributed by atoms with Crippen LogP contribution in [-0.2, 0) is 11.8 Å². The van der Waals surface area contributed by atoms with Crippen LogP contribution in [0, 0.1) is 12.7 Å². The van der Waals surface area contributed by atoms with E-state index in [1.165, 1.54) is 6.07 Å². The minimum absolute atomic E-state index is 0.229. The molecule has 0 aliphatic carbocycles. The number of anilines is 2. The fraction of sp³-hybridized carbons (Fsp3) is 0.375. The van der Waals surface area contributed by atoms with Crippen molar-refractivity contribution in [2.45, 2.75) is 19.4 Å². The number of fused-ring (bicyclic) bond motifs is 2. The van der Waals surface area contributed by atoms with Crippen molar-refractivity contribution >= 4 is 33.8 Å². The molecular weight excluding hydrogens is 437 g/mol. The molecule has 1 aromatic carbocycles. The third kappa shape index (κ3) is 4.22. The Labute approximate surface area is 196 Å². The van der Waals surface area contributed by atoms with Gasteiger partial charge in [-0.3, -0.25) is 9.48 Å². The molecule has 10 heteroatoms. The lowest BCUT2D eigenvalue weighted by Gasteiger charge is -2.20. The summed E-state index contributed by atoms with van der Waals surface area (Å²) in [6.07, 6.45) is 6.34. The molecule has 0 spiro atoms. The molecule has 178 valence electrons. The predicted octanol–water partition coefficient (Wildman–Crippen LogP) is 2.74. The van der Waals surface area contributed by atoms with E-state index in [0.29, 0.717) is 35.1 Å². The largest absolute Gasteiger partial charge is 0.383 e. The second-order valence-corrected chi connectivity index (χ2v) is 8.72. The van der Waals surface area contributed by atoms with E-state index >= 15 is 0 Å². The van der Waals surface area contributed by atoms with Gasteiger partial charge in [-0.1, -0.05) is 0 Å². The fourth-order valence-electron chi connectivity index (χ4n) is 4.62. The monoisotopic (exact) mass is 465 g/mol. The Kier molecular flexibility index (Phi) is 5.93. The van der Waals surface area contributed by atoms with E-state index < -0.39 is 5.82 Å². The van der Waals surface area contributed by atoms with E-state index in [1.54, 1.807) is 41.6 Å². The Morgan fingerprint density at radius 3 is 2.97 bits per heavy atom. The molecule has 0 saturated carbocycles. The average Bonchev–Trinajstić information content (AvgIpc) is 3.50. The third-order valence-electron chi connectivity index (χ3n) is 6.17. The number of benzene rings is 1. The Morgan fingerprint density at radius 2 is 2.15 bits per heavy atom. The van der Waals surface area contributed by atoms with Crippen LogP contribution in [0.25, 0.3) is 16.6 Å². The van der Waals surface area contributed by atoms with E-state index in [-0.39, 0.29) is 11.6 Å². The predicted molar refractivity (Wildman–Crippen MR) is 129 cm³/mol. The average molecular weight is 466 g/mol. The zero-order valence-electron chi connectivity index (χ0n) is 19.5. The van der Waals surface area contributed by atoms with Crippen LogP contribution in [0.1, 0.15) is 22.5 Å². The first-order valence-corrected chi connectivity index (χ1v) is 11.3. The van der Waals surface area contributed by atoms with E-state index in [2.05, 4.69) is 25.6 Å². The number of ether oxygens (including phenoxy) is 1. The molecule has 1 aliphatic rings. The number of hydrogen-bond acceptors (Lipinski definition) is 6. The number of hydrogen-bond donors (Lipinski definition) is 2. The Balaban J connectivity index is 1.40. The maximum absolute atomic E-state index is 14.5. The molecule has 1 amide bonds. The van der Waals surface area contributed by atoms with Crippen LogP contribution in [0.15, 0.2) is 36.8 Å². The summed E-state index contributed by atoms with van der Waals surface area (Å²) in [5.41, 5.74) is 3.39. The summed E-state index contributed by atoms with van der Waals surface area (Å²) in [4.78, 5) is 19.7. The van der Waals surface area contributed by atoms with Gasteiger partial charge in [0.15, 0.2) is 11.5 Å². The number of nitrogens with zero attached hydrogens (tertiary/aromatic N) is 5. The van der Waals surface area contributed by atoms with Crippen molar-refractivity contribution < 1.29 is 13.9 Å². The van der Waals surface area contributed by atoms with Gasteiger partial charge in [-0.2, -0.15) is 5.10 Å². The van der Waals surface area contributed by atoms with Crippen LogP contribution in [0.4, 0.5) is 15.8 Å². The quantitative estimate of drug-likeness (QED) is 0.408. The number of amides is 1. The number of methoxy groups -OCH3 is 1. The summed E-state index contributed by atoms with van der Waals surface area (Å²) < 4.78 is 22.9. The van der Waals surface area contributed by atoms with Gasteiger partial charge in [-0.05, 0) is 25.5 Å². The fourth-order valence-corrected chi connectivity index (χ4v) is 4.62. The molecule has 34 heavy (non-hydrogen) atoms. The molecule has 1 saturated heterocycles. The SMILES string of the molecule is COCCN[C@H]1CCN(c2ccc(C(=O)Nc3cc(F)c4nc(C)cn4c3)c3nn(C)cc23)C1. The molecule has 1 fully saturated rings. The lowest BCUT2D eigenvalue weighted by Crippen LogP contribution is -2.34. The van der Waals surface area contributed by atoms with Crippen molar-refractivity contribution in [3.63, 3.8) is 0 Å². The third-order valence-corrected chi connectivity index (χ3v) is 6.17. The number of imidazole rings is 1. The molecule has 3 aromatic heterocycles. The number of aromatic nitrogens is 4. The summed E-state index contributed by atoms with van der Waals surface area (Å²) in [5.74, 6) is -0.835. The van der Waals surface area contributed by atoms with Gasteiger partial charge in [-0.25, -0.2) is 9.37 Å². The number of nitrogens with one attached hydrogen (secondary N) is 2. The molecule has 0 unspecified atom stereocenters. The maximum Gasteiger partial charge on any atom is 0.257 e. The second kappa shape index (κ2) is 9.03. The van der Waals surface area contributed by atoms with Gasteiger partial charge in [0, 0.05) is 75.6 Å². The van der Waals surface area contributed by atoms with Crippen molar-refractivity contribution in [3.8, 4) is 0 Å². The molecule has 4 aromatic rings. The van der Waals surface area contributed by atoms with Crippen LogP contribution in [0.2, 0.25) is 0 Å². The summed E-state index contributed by atoms with van der Waals surface area (Å²) in [7, 11) is 3.54. The summed E-state index contributed by atoms with van der Waals surface area (Å²) in [6.45, 7) is 5.10. The molecule has 2 N–H and O–H groups in total. The van der Waals surface area contributed by atoms with Gasteiger partial charge < -0.3 is 24.7 Å². The van der Waals surface area contributed by atoms with Crippen LogP contribution < -0.4 is 15.5 Å². The number of rotatable bonds is 7. The first-order chi connectivity index (χ1) is 16.4. The van der Waals surface area contributed by atoms with Gasteiger partial charge in [0.2, 0.25) is 0 Å². The zero-order valence-corrected chi connectivity index (χ0v) is 19.5. The van der Waals surface area contributed by atoms with Crippen molar-refractivity contribution in [2.75, 3.05) is 43.6 Å². The van der Waals surface area contributed by atoms with Crippen molar-refractivity contribution in [3.05, 3.63) is 53.9 Å². The molecule has 1 atom stereocenters. The van der Waals surface area contributed by atoms with Crippen molar-refractivity contribution in [1.82, 2.24) is 24.5 Å².